The van der Waals surface area contributed by atoms with Gasteiger partial charge in [0, 0.05) is 37.5 Å². The van der Waals surface area contributed by atoms with Gasteiger partial charge in [-0.1, -0.05) is 24.3 Å². The number of rotatable bonds is 7. The van der Waals surface area contributed by atoms with E-state index in [4.69, 9.17) is 0 Å². The largest absolute Gasteiger partial charge is 0.416 e. The molecule has 1 aliphatic heterocycles. The Balaban J connectivity index is 1.50. The zero-order chi connectivity index (χ0) is 22.5. The summed E-state index contributed by atoms with van der Waals surface area (Å²) in [6.45, 7) is 0.567. The molecular formula is C21H23F3N2O3S2. The van der Waals surface area contributed by atoms with Crippen LogP contribution < -0.4 is 0 Å². The monoisotopic (exact) mass is 472 g/mol. The summed E-state index contributed by atoms with van der Waals surface area (Å²) >= 11 is 1.67. The molecule has 0 radical (unpaired) electrons. The van der Waals surface area contributed by atoms with E-state index in [9.17, 15) is 26.4 Å². The summed E-state index contributed by atoms with van der Waals surface area (Å²) in [6, 6.07) is 13.6. The lowest BCUT2D eigenvalue weighted by atomic mass is 10.2. The van der Waals surface area contributed by atoms with Gasteiger partial charge in [-0.15, -0.1) is 11.8 Å². The Morgan fingerprint density at radius 3 is 2.29 bits per heavy atom. The van der Waals surface area contributed by atoms with Crippen molar-refractivity contribution in [1.82, 2.24) is 9.21 Å². The summed E-state index contributed by atoms with van der Waals surface area (Å²) in [6.07, 6.45) is -3.53. The SMILES string of the molecule is O=C(CCCSc1ccccc1)N1CCN(S(=O)(=O)c2cccc(C(F)(F)F)c2)CC1. The molecule has 1 heterocycles. The second-order valence-electron chi connectivity index (χ2n) is 7.08. The van der Waals surface area contributed by atoms with Crippen LogP contribution in [0.15, 0.2) is 64.4 Å². The minimum atomic E-state index is -4.62. The van der Waals surface area contributed by atoms with Crippen LogP contribution in [0.5, 0.6) is 0 Å². The van der Waals surface area contributed by atoms with Crippen LogP contribution in [0.3, 0.4) is 0 Å². The minimum Gasteiger partial charge on any atom is -0.340 e. The molecule has 0 spiro atoms. The number of hydrogen-bond donors (Lipinski definition) is 0. The molecule has 0 N–H and O–H groups in total. The third-order valence-corrected chi connectivity index (χ3v) is 7.93. The van der Waals surface area contributed by atoms with E-state index in [2.05, 4.69) is 0 Å². The van der Waals surface area contributed by atoms with E-state index in [1.54, 1.807) is 16.7 Å². The van der Waals surface area contributed by atoms with Crippen LogP contribution in [-0.4, -0.2) is 55.5 Å². The molecule has 1 aliphatic rings. The fourth-order valence-electron chi connectivity index (χ4n) is 3.25. The van der Waals surface area contributed by atoms with Gasteiger partial charge in [-0.25, -0.2) is 8.42 Å². The van der Waals surface area contributed by atoms with Gasteiger partial charge >= 0.3 is 6.18 Å². The van der Waals surface area contributed by atoms with E-state index in [-0.39, 0.29) is 37.0 Å². The van der Waals surface area contributed by atoms with Gasteiger partial charge in [0.05, 0.1) is 10.5 Å². The summed E-state index contributed by atoms with van der Waals surface area (Å²) < 4.78 is 65.3. The van der Waals surface area contributed by atoms with E-state index >= 15 is 0 Å². The van der Waals surface area contributed by atoms with Gasteiger partial charge in [0.2, 0.25) is 15.9 Å². The summed E-state index contributed by atoms with van der Waals surface area (Å²) in [7, 11) is -4.05. The van der Waals surface area contributed by atoms with Crippen molar-refractivity contribution in [2.45, 2.75) is 28.8 Å². The summed E-state index contributed by atoms with van der Waals surface area (Å²) in [5, 5.41) is 0. The van der Waals surface area contributed by atoms with Crippen molar-refractivity contribution >= 4 is 27.7 Å². The number of benzene rings is 2. The van der Waals surface area contributed by atoms with E-state index in [0.717, 1.165) is 33.2 Å². The first-order valence-corrected chi connectivity index (χ1v) is 12.2. The predicted molar refractivity (Wildman–Crippen MR) is 113 cm³/mol. The fraction of sp³-hybridized carbons (Fsp3) is 0.381. The molecule has 3 rings (SSSR count). The maximum atomic E-state index is 12.9. The summed E-state index contributed by atoms with van der Waals surface area (Å²) in [5.74, 6) is 0.768. The molecular weight excluding hydrogens is 449 g/mol. The lowest BCUT2D eigenvalue weighted by Crippen LogP contribution is -2.50. The third kappa shape index (κ3) is 6.24. The van der Waals surface area contributed by atoms with E-state index in [1.807, 2.05) is 30.3 Å². The van der Waals surface area contributed by atoms with Crippen molar-refractivity contribution in [2.75, 3.05) is 31.9 Å². The highest BCUT2D eigenvalue weighted by Crippen LogP contribution is 2.31. The van der Waals surface area contributed by atoms with Crippen LogP contribution in [0, 0.1) is 0 Å². The van der Waals surface area contributed by atoms with Crippen molar-refractivity contribution < 1.29 is 26.4 Å². The van der Waals surface area contributed by atoms with Crippen LogP contribution in [0.4, 0.5) is 13.2 Å². The Hall–Kier alpha value is -2.04. The minimum absolute atomic E-state index is 0.0372. The molecule has 5 nitrogen and oxygen atoms in total. The second kappa shape index (κ2) is 10.1. The maximum absolute atomic E-state index is 12.9. The van der Waals surface area contributed by atoms with Gasteiger partial charge < -0.3 is 4.90 Å². The second-order valence-corrected chi connectivity index (χ2v) is 10.2. The maximum Gasteiger partial charge on any atom is 0.416 e. The Morgan fingerprint density at radius 2 is 1.65 bits per heavy atom. The van der Waals surface area contributed by atoms with Crippen molar-refractivity contribution in [3.05, 3.63) is 60.2 Å². The molecule has 1 amide bonds. The van der Waals surface area contributed by atoms with Crippen molar-refractivity contribution in [1.29, 1.82) is 0 Å². The summed E-state index contributed by atoms with van der Waals surface area (Å²) in [5.41, 5.74) is -1.00. The van der Waals surface area contributed by atoms with Crippen LogP contribution in [0.2, 0.25) is 0 Å². The fourth-order valence-corrected chi connectivity index (χ4v) is 5.59. The number of nitrogens with zero attached hydrogens (tertiary/aromatic N) is 2. The molecule has 0 bridgehead atoms. The number of alkyl halides is 3. The van der Waals surface area contributed by atoms with Crippen LogP contribution in [-0.2, 0) is 21.0 Å². The Labute approximate surface area is 184 Å². The molecule has 31 heavy (non-hydrogen) atoms. The van der Waals surface area contributed by atoms with Crippen LogP contribution in [0.25, 0.3) is 0 Å². The predicted octanol–water partition coefficient (Wildman–Crippen LogP) is 4.11. The molecule has 2 aromatic carbocycles. The molecule has 0 aromatic heterocycles. The summed E-state index contributed by atoms with van der Waals surface area (Å²) in [4.78, 5) is 14.8. The lowest BCUT2D eigenvalue weighted by Gasteiger charge is -2.34. The van der Waals surface area contributed by atoms with Crippen molar-refractivity contribution in [3.8, 4) is 0 Å². The number of sulfonamides is 1. The normalized spacial score (nSPS) is 15.8. The molecule has 168 valence electrons. The van der Waals surface area contributed by atoms with E-state index in [1.165, 1.54) is 0 Å². The number of hydrogen-bond acceptors (Lipinski definition) is 4. The molecule has 1 fully saturated rings. The number of halogens is 3. The molecule has 0 aliphatic carbocycles. The van der Waals surface area contributed by atoms with Gasteiger partial charge in [0.25, 0.3) is 0 Å². The molecule has 10 heteroatoms. The molecule has 0 unspecified atom stereocenters. The van der Waals surface area contributed by atoms with Crippen LogP contribution in [0.1, 0.15) is 18.4 Å². The standard InChI is InChI=1S/C21H23F3N2O3S2/c22-21(23,24)17-6-4-9-19(16-17)31(28,29)26-13-11-25(12-14-26)20(27)10-5-15-30-18-7-2-1-3-8-18/h1-4,6-9,16H,5,10-15H2. The number of carbonyl (C=O) groups excluding carboxylic acids is 1. The van der Waals surface area contributed by atoms with Gasteiger partial charge in [-0.05, 0) is 42.5 Å². The first-order chi connectivity index (χ1) is 14.7. The topological polar surface area (TPSA) is 57.7 Å². The first-order valence-electron chi connectivity index (χ1n) is 9.81. The highest BCUT2D eigenvalue weighted by Gasteiger charge is 2.34. The zero-order valence-electron chi connectivity index (χ0n) is 16.7. The van der Waals surface area contributed by atoms with Crippen molar-refractivity contribution in [3.63, 3.8) is 0 Å². The molecule has 1 saturated heterocycles. The highest BCUT2D eigenvalue weighted by molar-refractivity contribution is 7.99. The van der Waals surface area contributed by atoms with Crippen molar-refractivity contribution in [2.24, 2.45) is 0 Å². The average molecular weight is 473 g/mol. The van der Waals surface area contributed by atoms with Gasteiger partial charge in [-0.3, -0.25) is 4.79 Å². The quantitative estimate of drug-likeness (QED) is 0.450. The third-order valence-electron chi connectivity index (χ3n) is 4.94. The molecule has 0 atom stereocenters. The van der Waals surface area contributed by atoms with Gasteiger partial charge in [0.15, 0.2) is 0 Å². The highest BCUT2D eigenvalue weighted by atomic mass is 32.2. The molecule has 0 saturated carbocycles. The van der Waals surface area contributed by atoms with Gasteiger partial charge in [0.1, 0.15) is 0 Å². The van der Waals surface area contributed by atoms with E-state index in [0.29, 0.717) is 18.9 Å². The Morgan fingerprint density at radius 1 is 0.968 bits per heavy atom. The van der Waals surface area contributed by atoms with Gasteiger partial charge in [-0.2, -0.15) is 17.5 Å². The van der Waals surface area contributed by atoms with Crippen LogP contribution >= 0.6 is 11.8 Å². The Kier molecular flexibility index (Phi) is 7.66. The lowest BCUT2D eigenvalue weighted by molar-refractivity contribution is -0.137. The molecule has 2 aromatic rings. The van der Waals surface area contributed by atoms with E-state index < -0.39 is 21.8 Å². The average Bonchev–Trinajstić information content (AvgIpc) is 2.77. The number of thioether (sulfide) groups is 1. The number of amides is 1. The first kappa shape index (κ1) is 23.6. The number of carbonyl (C=O) groups is 1. The zero-order valence-corrected chi connectivity index (χ0v) is 18.3. The number of piperazine rings is 1. The Bertz CT molecular complexity index is 990. The smallest absolute Gasteiger partial charge is 0.340 e.